The molecule has 1 heterocycles. The normalized spacial score (nSPS) is 13.6. The molecule has 2 aromatic carbocycles. The Balaban J connectivity index is 1.94. The van der Waals surface area contributed by atoms with Crippen LogP contribution in [0, 0.1) is 0 Å². The SMILES string of the molecule is CC(=O)OC(Cc1cccc(Cl)c1)C(C)c1c[nH]c2ccc(Cl)cc12. The number of rotatable bonds is 5. The first-order valence-corrected chi connectivity index (χ1v) is 8.88. The zero-order valence-electron chi connectivity index (χ0n) is 14.1. The number of aromatic nitrogens is 1. The number of H-pyrrole nitrogens is 1. The molecule has 0 bridgehead atoms. The van der Waals surface area contributed by atoms with E-state index in [0.29, 0.717) is 16.5 Å². The lowest BCUT2D eigenvalue weighted by Gasteiger charge is -2.24. The second kappa shape index (κ2) is 7.51. The van der Waals surface area contributed by atoms with Gasteiger partial charge in [0.25, 0.3) is 0 Å². The molecule has 0 saturated heterocycles. The Kier molecular flexibility index (Phi) is 5.36. The van der Waals surface area contributed by atoms with Crippen molar-refractivity contribution in [1.29, 1.82) is 0 Å². The summed E-state index contributed by atoms with van der Waals surface area (Å²) in [5, 5.41) is 2.40. The van der Waals surface area contributed by atoms with Crippen LogP contribution in [0.3, 0.4) is 0 Å². The fraction of sp³-hybridized carbons (Fsp3) is 0.250. The lowest BCUT2D eigenvalue weighted by Crippen LogP contribution is -2.25. The van der Waals surface area contributed by atoms with Crippen LogP contribution in [0.2, 0.25) is 10.0 Å². The average molecular weight is 376 g/mol. The molecule has 0 amide bonds. The van der Waals surface area contributed by atoms with Crippen LogP contribution in [0.15, 0.2) is 48.7 Å². The van der Waals surface area contributed by atoms with E-state index in [0.717, 1.165) is 22.0 Å². The van der Waals surface area contributed by atoms with E-state index in [1.165, 1.54) is 6.92 Å². The molecular weight excluding hydrogens is 357 g/mol. The van der Waals surface area contributed by atoms with Crippen molar-refractivity contribution in [1.82, 2.24) is 4.98 Å². The maximum atomic E-state index is 11.6. The van der Waals surface area contributed by atoms with Crippen molar-refractivity contribution in [2.24, 2.45) is 0 Å². The molecule has 3 nitrogen and oxygen atoms in total. The van der Waals surface area contributed by atoms with E-state index in [1.54, 1.807) is 0 Å². The Morgan fingerprint density at radius 1 is 1.16 bits per heavy atom. The van der Waals surface area contributed by atoms with E-state index in [4.69, 9.17) is 27.9 Å². The molecule has 0 spiro atoms. The molecule has 0 saturated carbocycles. The third-order valence-corrected chi connectivity index (χ3v) is 4.84. The largest absolute Gasteiger partial charge is 0.462 e. The summed E-state index contributed by atoms with van der Waals surface area (Å²) in [6.07, 6.45) is 2.25. The highest BCUT2D eigenvalue weighted by Gasteiger charge is 2.25. The van der Waals surface area contributed by atoms with Crippen LogP contribution in [-0.2, 0) is 16.0 Å². The number of nitrogens with one attached hydrogen (secondary N) is 1. The smallest absolute Gasteiger partial charge is 0.302 e. The molecular formula is C20H19Cl2NO2. The molecule has 0 fully saturated rings. The van der Waals surface area contributed by atoms with Gasteiger partial charge < -0.3 is 9.72 Å². The van der Waals surface area contributed by atoms with Crippen molar-refractivity contribution >= 4 is 40.1 Å². The van der Waals surface area contributed by atoms with Gasteiger partial charge in [0.05, 0.1) is 0 Å². The van der Waals surface area contributed by atoms with E-state index in [-0.39, 0.29) is 18.0 Å². The molecule has 5 heteroatoms. The quantitative estimate of drug-likeness (QED) is 0.576. The van der Waals surface area contributed by atoms with Crippen molar-refractivity contribution in [3.05, 3.63) is 69.8 Å². The number of aromatic amines is 1. The lowest BCUT2D eigenvalue weighted by molar-refractivity contribution is -0.147. The predicted octanol–water partition coefficient (Wildman–Crippen LogP) is 5.75. The summed E-state index contributed by atoms with van der Waals surface area (Å²) in [5.74, 6) is -0.299. The van der Waals surface area contributed by atoms with Gasteiger partial charge >= 0.3 is 5.97 Å². The highest BCUT2D eigenvalue weighted by molar-refractivity contribution is 6.31. The molecule has 3 rings (SSSR count). The van der Waals surface area contributed by atoms with E-state index < -0.39 is 0 Å². The van der Waals surface area contributed by atoms with Crippen LogP contribution in [0.1, 0.15) is 30.9 Å². The highest BCUT2D eigenvalue weighted by Crippen LogP contribution is 2.32. The molecule has 130 valence electrons. The summed E-state index contributed by atoms with van der Waals surface area (Å²) in [6, 6.07) is 13.4. The summed E-state index contributed by atoms with van der Waals surface area (Å²) in [4.78, 5) is 14.9. The zero-order valence-corrected chi connectivity index (χ0v) is 15.6. The summed E-state index contributed by atoms with van der Waals surface area (Å²) in [5.41, 5.74) is 3.12. The molecule has 0 aliphatic carbocycles. The topological polar surface area (TPSA) is 42.1 Å². The van der Waals surface area contributed by atoms with Crippen molar-refractivity contribution in [3.63, 3.8) is 0 Å². The van der Waals surface area contributed by atoms with Crippen LogP contribution >= 0.6 is 23.2 Å². The first-order valence-electron chi connectivity index (χ1n) is 8.12. The fourth-order valence-corrected chi connectivity index (χ4v) is 3.51. The molecule has 0 aliphatic heterocycles. The Hall–Kier alpha value is -1.97. The summed E-state index contributed by atoms with van der Waals surface area (Å²) in [7, 11) is 0. The number of hydrogen-bond acceptors (Lipinski definition) is 2. The van der Waals surface area contributed by atoms with E-state index in [2.05, 4.69) is 11.9 Å². The summed E-state index contributed by atoms with van der Waals surface area (Å²) in [6.45, 7) is 3.49. The molecule has 2 atom stereocenters. The molecule has 2 unspecified atom stereocenters. The Labute approximate surface area is 156 Å². The summed E-state index contributed by atoms with van der Waals surface area (Å²) >= 11 is 12.2. The second-order valence-corrected chi connectivity index (χ2v) is 7.08. The molecule has 3 aromatic rings. The molecule has 1 aromatic heterocycles. The minimum Gasteiger partial charge on any atom is -0.462 e. The van der Waals surface area contributed by atoms with E-state index in [1.807, 2.05) is 48.7 Å². The number of hydrogen-bond donors (Lipinski definition) is 1. The van der Waals surface area contributed by atoms with Gasteiger partial charge in [0.1, 0.15) is 6.10 Å². The van der Waals surface area contributed by atoms with Gasteiger partial charge in [0.15, 0.2) is 0 Å². The van der Waals surface area contributed by atoms with Gasteiger partial charge in [-0.3, -0.25) is 4.79 Å². The van der Waals surface area contributed by atoms with E-state index >= 15 is 0 Å². The number of carbonyl (C=O) groups excluding carboxylic acids is 1. The van der Waals surface area contributed by atoms with E-state index in [9.17, 15) is 4.79 Å². The van der Waals surface area contributed by atoms with Gasteiger partial charge in [0.2, 0.25) is 0 Å². The van der Waals surface area contributed by atoms with Gasteiger partial charge in [-0.25, -0.2) is 0 Å². The number of esters is 1. The highest BCUT2D eigenvalue weighted by atomic mass is 35.5. The third kappa shape index (κ3) is 4.17. The molecule has 0 aliphatic rings. The maximum Gasteiger partial charge on any atom is 0.302 e. The zero-order chi connectivity index (χ0) is 18.0. The number of benzene rings is 2. The van der Waals surface area contributed by atoms with Crippen molar-refractivity contribution in [2.45, 2.75) is 32.3 Å². The Morgan fingerprint density at radius 3 is 2.64 bits per heavy atom. The van der Waals surface area contributed by atoms with Gasteiger partial charge in [-0.15, -0.1) is 0 Å². The van der Waals surface area contributed by atoms with Crippen LogP contribution < -0.4 is 0 Å². The van der Waals surface area contributed by atoms with Crippen molar-refractivity contribution in [3.8, 4) is 0 Å². The van der Waals surface area contributed by atoms with Gasteiger partial charge in [-0.1, -0.05) is 42.3 Å². The maximum absolute atomic E-state index is 11.6. The number of halogens is 2. The first-order chi connectivity index (χ1) is 11.9. The monoisotopic (exact) mass is 375 g/mol. The Morgan fingerprint density at radius 2 is 1.92 bits per heavy atom. The molecule has 0 radical (unpaired) electrons. The lowest BCUT2D eigenvalue weighted by atomic mass is 9.90. The molecule has 25 heavy (non-hydrogen) atoms. The fourth-order valence-electron chi connectivity index (χ4n) is 3.12. The minimum absolute atomic E-state index is 0.00454. The number of fused-ring (bicyclic) bond motifs is 1. The first kappa shape index (κ1) is 17.8. The number of carbonyl (C=O) groups is 1. The van der Waals surface area contributed by atoms with Crippen LogP contribution in [-0.4, -0.2) is 17.1 Å². The second-order valence-electron chi connectivity index (χ2n) is 6.20. The minimum atomic E-state index is -0.297. The van der Waals surface area contributed by atoms with Gasteiger partial charge in [0, 0.05) is 46.4 Å². The van der Waals surface area contributed by atoms with Gasteiger partial charge in [-0.05, 0) is 41.5 Å². The van der Waals surface area contributed by atoms with Crippen LogP contribution in [0.4, 0.5) is 0 Å². The van der Waals surface area contributed by atoms with Crippen molar-refractivity contribution in [2.75, 3.05) is 0 Å². The average Bonchev–Trinajstić information content (AvgIpc) is 2.96. The summed E-state index contributed by atoms with van der Waals surface area (Å²) < 4.78 is 5.63. The van der Waals surface area contributed by atoms with Crippen molar-refractivity contribution < 1.29 is 9.53 Å². The van der Waals surface area contributed by atoms with Crippen LogP contribution in [0.5, 0.6) is 0 Å². The Bertz CT molecular complexity index is 904. The van der Waals surface area contributed by atoms with Gasteiger partial charge in [-0.2, -0.15) is 0 Å². The standard InChI is InChI=1S/C20H19Cl2NO2/c1-12(18-11-23-19-7-6-16(22)10-17(18)19)20(25-13(2)24)9-14-4-3-5-15(21)8-14/h3-8,10-12,20,23H,9H2,1-2H3. The number of ether oxygens (including phenoxy) is 1. The van der Waals surface area contributed by atoms with Crippen LogP contribution in [0.25, 0.3) is 10.9 Å². The third-order valence-electron chi connectivity index (χ3n) is 4.37. The predicted molar refractivity (Wildman–Crippen MR) is 102 cm³/mol. The molecule has 1 N–H and O–H groups in total.